The molecule has 23 heavy (non-hydrogen) atoms. The van der Waals surface area contributed by atoms with Crippen molar-refractivity contribution in [2.24, 2.45) is 0 Å². The van der Waals surface area contributed by atoms with E-state index in [1.165, 1.54) is 5.56 Å². The fourth-order valence-electron chi connectivity index (χ4n) is 2.77. The van der Waals surface area contributed by atoms with Crippen molar-refractivity contribution in [1.29, 1.82) is 0 Å². The molecule has 0 aliphatic heterocycles. The van der Waals surface area contributed by atoms with Crippen molar-refractivity contribution in [1.82, 2.24) is 0 Å². The number of aryl methyl sites for hydroxylation is 1. The Labute approximate surface area is 142 Å². The van der Waals surface area contributed by atoms with Crippen molar-refractivity contribution < 1.29 is 4.74 Å². The van der Waals surface area contributed by atoms with Crippen LogP contribution in [0.2, 0.25) is 0 Å². The number of halogens is 1. The first-order valence-corrected chi connectivity index (χ1v) is 7.98. The van der Waals surface area contributed by atoms with Gasteiger partial charge in [-0.15, -0.1) is 11.6 Å². The van der Waals surface area contributed by atoms with Crippen molar-refractivity contribution >= 4 is 11.6 Å². The highest BCUT2D eigenvalue weighted by Gasteiger charge is 2.33. The first-order valence-electron chi connectivity index (χ1n) is 7.60. The molecule has 0 bridgehead atoms. The Morgan fingerprint density at radius 1 is 0.696 bits per heavy atom. The van der Waals surface area contributed by atoms with E-state index in [4.69, 9.17) is 16.3 Å². The Morgan fingerprint density at radius 2 is 1.17 bits per heavy atom. The van der Waals surface area contributed by atoms with Gasteiger partial charge in [0.15, 0.2) is 0 Å². The average molecular weight is 323 g/mol. The van der Waals surface area contributed by atoms with Gasteiger partial charge in [0, 0.05) is 0 Å². The molecule has 0 N–H and O–H groups in total. The average Bonchev–Trinajstić information content (AvgIpc) is 2.62. The molecule has 2 heteroatoms. The number of ether oxygens (including phenoxy) is 1. The molecule has 0 fully saturated rings. The first-order chi connectivity index (χ1) is 11.1. The summed E-state index contributed by atoms with van der Waals surface area (Å²) in [7, 11) is 1.67. The number of hydrogen-bond acceptors (Lipinski definition) is 1. The summed E-state index contributed by atoms with van der Waals surface area (Å²) in [5, 5.41) is 0. The van der Waals surface area contributed by atoms with Crippen molar-refractivity contribution in [3.8, 4) is 5.75 Å². The zero-order chi connectivity index (χ0) is 16.3. The van der Waals surface area contributed by atoms with Crippen molar-refractivity contribution in [3.63, 3.8) is 0 Å². The van der Waals surface area contributed by atoms with Crippen LogP contribution in [0.1, 0.15) is 22.3 Å². The van der Waals surface area contributed by atoms with Gasteiger partial charge in [-0.2, -0.15) is 0 Å². The topological polar surface area (TPSA) is 9.23 Å². The Morgan fingerprint density at radius 3 is 1.70 bits per heavy atom. The van der Waals surface area contributed by atoms with Crippen LogP contribution in [0, 0.1) is 6.92 Å². The van der Waals surface area contributed by atoms with Crippen LogP contribution >= 0.6 is 11.6 Å². The van der Waals surface area contributed by atoms with Gasteiger partial charge in [0.25, 0.3) is 0 Å². The summed E-state index contributed by atoms with van der Waals surface area (Å²) in [4.78, 5) is -0.721. The number of alkyl halides is 1. The minimum absolute atomic E-state index is 0.721. The molecule has 0 saturated heterocycles. The van der Waals surface area contributed by atoms with E-state index in [1.54, 1.807) is 7.11 Å². The molecule has 3 aromatic carbocycles. The van der Waals surface area contributed by atoms with Gasteiger partial charge in [-0.1, -0.05) is 72.3 Å². The second-order valence-corrected chi connectivity index (χ2v) is 6.19. The quantitative estimate of drug-likeness (QED) is 0.453. The summed E-state index contributed by atoms with van der Waals surface area (Å²) in [5.41, 5.74) is 4.35. The lowest BCUT2D eigenvalue weighted by Crippen LogP contribution is -2.22. The summed E-state index contributed by atoms with van der Waals surface area (Å²) in [6, 6.07) is 26.5. The van der Waals surface area contributed by atoms with Crippen LogP contribution in [0.15, 0.2) is 78.9 Å². The predicted octanol–water partition coefficient (Wildman–Crippen LogP) is 5.53. The van der Waals surface area contributed by atoms with E-state index in [9.17, 15) is 0 Å². The smallest absolute Gasteiger partial charge is 0.119 e. The summed E-state index contributed by atoms with van der Waals surface area (Å²) in [6.45, 7) is 2.08. The fraction of sp³-hybridized carbons (Fsp3) is 0.143. The van der Waals surface area contributed by atoms with Gasteiger partial charge in [-0.25, -0.2) is 0 Å². The molecule has 0 spiro atoms. The van der Waals surface area contributed by atoms with E-state index in [0.717, 1.165) is 22.4 Å². The predicted molar refractivity (Wildman–Crippen MR) is 96.4 cm³/mol. The highest BCUT2D eigenvalue weighted by atomic mass is 35.5. The van der Waals surface area contributed by atoms with Gasteiger partial charge in [0.05, 0.1) is 7.11 Å². The molecule has 3 rings (SSSR count). The normalized spacial score (nSPS) is 13.3. The zero-order valence-corrected chi connectivity index (χ0v) is 14.0. The van der Waals surface area contributed by atoms with E-state index in [-0.39, 0.29) is 0 Å². The second-order valence-electron chi connectivity index (χ2n) is 5.62. The molecule has 0 aliphatic carbocycles. The Bertz CT molecular complexity index is 763. The van der Waals surface area contributed by atoms with Gasteiger partial charge < -0.3 is 4.74 Å². The van der Waals surface area contributed by atoms with Crippen LogP contribution in [0.25, 0.3) is 0 Å². The lowest BCUT2D eigenvalue weighted by Gasteiger charge is -2.29. The maximum atomic E-state index is 7.22. The highest BCUT2D eigenvalue weighted by molar-refractivity contribution is 6.28. The van der Waals surface area contributed by atoms with Crippen molar-refractivity contribution in [3.05, 3.63) is 101 Å². The third-order valence-electron chi connectivity index (χ3n) is 4.11. The molecule has 1 unspecified atom stereocenters. The minimum atomic E-state index is -0.721. The minimum Gasteiger partial charge on any atom is -0.497 e. The Hall–Kier alpha value is -2.25. The molecular weight excluding hydrogens is 304 g/mol. The van der Waals surface area contributed by atoms with Crippen molar-refractivity contribution in [2.45, 2.75) is 11.8 Å². The fourth-order valence-corrected chi connectivity index (χ4v) is 3.15. The SMILES string of the molecule is COc1ccc(C(Cl)(c2ccccc2)c2ccc(C)cc2)cc1. The number of methoxy groups -OCH3 is 1. The van der Waals surface area contributed by atoms with Crippen LogP contribution in [0.5, 0.6) is 5.75 Å². The molecule has 0 heterocycles. The molecule has 1 atom stereocenters. The monoisotopic (exact) mass is 322 g/mol. The van der Waals surface area contributed by atoms with Crippen LogP contribution in [0.3, 0.4) is 0 Å². The lowest BCUT2D eigenvalue weighted by atomic mass is 9.84. The van der Waals surface area contributed by atoms with E-state index in [0.29, 0.717) is 0 Å². The highest BCUT2D eigenvalue weighted by Crippen LogP contribution is 2.43. The maximum absolute atomic E-state index is 7.22. The summed E-state index contributed by atoms with van der Waals surface area (Å²) < 4.78 is 5.27. The van der Waals surface area contributed by atoms with Gasteiger partial charge in [0.1, 0.15) is 10.6 Å². The van der Waals surface area contributed by atoms with E-state index >= 15 is 0 Å². The molecule has 1 nitrogen and oxygen atoms in total. The van der Waals surface area contributed by atoms with Gasteiger partial charge in [-0.3, -0.25) is 0 Å². The third-order valence-corrected chi connectivity index (χ3v) is 4.76. The van der Waals surface area contributed by atoms with E-state index in [1.807, 2.05) is 42.5 Å². The third kappa shape index (κ3) is 2.97. The molecule has 0 aromatic heterocycles. The standard InChI is InChI=1S/C21H19ClO/c1-16-8-10-18(11-9-16)21(22,17-6-4-3-5-7-17)19-12-14-20(23-2)15-13-19/h3-15H,1-2H3. The van der Waals surface area contributed by atoms with Gasteiger partial charge in [-0.05, 0) is 35.7 Å². The largest absolute Gasteiger partial charge is 0.497 e. The zero-order valence-electron chi connectivity index (χ0n) is 13.3. The Kier molecular flexibility index (Phi) is 4.40. The summed E-state index contributed by atoms with van der Waals surface area (Å²) in [6.07, 6.45) is 0. The van der Waals surface area contributed by atoms with Crippen LogP contribution in [-0.2, 0) is 4.87 Å². The first kappa shape index (κ1) is 15.6. The molecule has 0 amide bonds. The number of rotatable bonds is 4. The van der Waals surface area contributed by atoms with Gasteiger partial charge >= 0.3 is 0 Å². The molecular formula is C21H19ClO. The molecule has 116 valence electrons. The van der Waals surface area contributed by atoms with Gasteiger partial charge in [0.2, 0.25) is 0 Å². The maximum Gasteiger partial charge on any atom is 0.119 e. The van der Waals surface area contributed by atoms with E-state index in [2.05, 4.69) is 43.3 Å². The molecule has 3 aromatic rings. The van der Waals surface area contributed by atoms with Crippen LogP contribution in [-0.4, -0.2) is 7.11 Å². The second kappa shape index (κ2) is 6.47. The van der Waals surface area contributed by atoms with Crippen LogP contribution in [0.4, 0.5) is 0 Å². The Balaban J connectivity index is 2.18. The number of benzene rings is 3. The molecule has 0 saturated carbocycles. The molecule has 0 aliphatic rings. The van der Waals surface area contributed by atoms with E-state index < -0.39 is 4.87 Å². The van der Waals surface area contributed by atoms with Crippen LogP contribution < -0.4 is 4.74 Å². The molecule has 0 radical (unpaired) electrons. The summed E-state index contributed by atoms with van der Waals surface area (Å²) >= 11 is 7.22. The summed E-state index contributed by atoms with van der Waals surface area (Å²) in [5.74, 6) is 0.824. The lowest BCUT2D eigenvalue weighted by molar-refractivity contribution is 0.414. The van der Waals surface area contributed by atoms with Crippen molar-refractivity contribution in [2.75, 3.05) is 7.11 Å². The number of hydrogen-bond donors (Lipinski definition) is 0.